The zero-order valence-corrected chi connectivity index (χ0v) is 16.0. The van der Waals surface area contributed by atoms with E-state index in [1.54, 1.807) is 27.0 Å². The van der Waals surface area contributed by atoms with Gasteiger partial charge in [-0.15, -0.1) is 0 Å². The molecule has 0 aliphatic heterocycles. The minimum absolute atomic E-state index is 0.105. The second-order valence-corrected chi connectivity index (χ2v) is 7.12. The molecular formula is C18H18BrFN2O3. The third-order valence-corrected chi connectivity index (χ3v) is 5.47. The molecule has 2 aromatic rings. The van der Waals surface area contributed by atoms with Gasteiger partial charge in [0.15, 0.2) is 5.58 Å². The predicted octanol–water partition coefficient (Wildman–Crippen LogP) is 4.06. The van der Waals surface area contributed by atoms with Crippen LogP contribution >= 0.6 is 15.9 Å². The number of allylic oxidation sites excluding steroid dienone is 3. The first kappa shape index (κ1) is 17.7. The summed E-state index contributed by atoms with van der Waals surface area (Å²) in [5.41, 5.74) is 0.660. The molecule has 1 unspecified atom stereocenters. The summed E-state index contributed by atoms with van der Waals surface area (Å²) in [5, 5.41) is 3.15. The van der Waals surface area contributed by atoms with Crippen LogP contribution in [0.3, 0.4) is 0 Å². The lowest BCUT2D eigenvalue weighted by molar-refractivity contribution is 0.551. The summed E-state index contributed by atoms with van der Waals surface area (Å²) in [6.07, 6.45) is 3.92. The van der Waals surface area contributed by atoms with Crippen LogP contribution in [0.15, 0.2) is 42.2 Å². The highest BCUT2D eigenvalue weighted by Gasteiger charge is 2.22. The summed E-state index contributed by atoms with van der Waals surface area (Å²) in [4.78, 5) is 25.0. The van der Waals surface area contributed by atoms with E-state index in [1.165, 1.54) is 10.6 Å². The number of rotatable bonds is 2. The van der Waals surface area contributed by atoms with Crippen LogP contribution in [0.4, 0.5) is 10.1 Å². The van der Waals surface area contributed by atoms with Crippen LogP contribution in [0, 0.1) is 19.8 Å². The lowest BCUT2D eigenvalue weighted by atomic mass is 10.0. The van der Waals surface area contributed by atoms with Crippen molar-refractivity contribution in [3.05, 3.63) is 60.2 Å². The van der Waals surface area contributed by atoms with Crippen molar-refractivity contribution in [3.8, 4) is 0 Å². The minimum atomic E-state index is -0.572. The average Bonchev–Trinajstić information content (AvgIpc) is 2.57. The van der Waals surface area contributed by atoms with E-state index in [1.807, 2.05) is 6.92 Å². The van der Waals surface area contributed by atoms with E-state index in [-0.39, 0.29) is 39.4 Å². The maximum Gasteiger partial charge on any atom is 0.341 e. The van der Waals surface area contributed by atoms with Gasteiger partial charge in [-0.05, 0) is 48.2 Å². The monoisotopic (exact) mass is 408 g/mol. The Morgan fingerprint density at radius 3 is 2.68 bits per heavy atom. The molecule has 0 amide bonds. The van der Waals surface area contributed by atoms with Gasteiger partial charge in [0.05, 0.1) is 21.4 Å². The first-order valence-electron chi connectivity index (χ1n) is 7.89. The Labute approximate surface area is 152 Å². The Hall–Kier alpha value is -2.15. The van der Waals surface area contributed by atoms with E-state index in [0.717, 1.165) is 0 Å². The minimum Gasteiger partial charge on any atom is -0.421 e. The number of halogens is 2. The van der Waals surface area contributed by atoms with Crippen LogP contribution in [-0.2, 0) is 7.05 Å². The second kappa shape index (κ2) is 6.29. The van der Waals surface area contributed by atoms with Crippen LogP contribution < -0.4 is 16.5 Å². The Morgan fingerprint density at radius 1 is 1.36 bits per heavy atom. The van der Waals surface area contributed by atoms with Gasteiger partial charge in [-0.2, -0.15) is 0 Å². The lowest BCUT2D eigenvalue weighted by Gasteiger charge is -2.19. The van der Waals surface area contributed by atoms with Crippen LogP contribution in [0.5, 0.6) is 0 Å². The van der Waals surface area contributed by atoms with Gasteiger partial charge < -0.3 is 14.3 Å². The Balaban J connectivity index is 2.32. The molecule has 1 N–H and O–H groups in total. The maximum atomic E-state index is 14.3. The molecule has 0 spiro atoms. The van der Waals surface area contributed by atoms with Crippen LogP contribution in [-0.4, -0.2) is 4.57 Å². The molecule has 0 aromatic carbocycles. The number of fused-ring (bicyclic) bond motifs is 1. The van der Waals surface area contributed by atoms with Crippen molar-refractivity contribution in [2.24, 2.45) is 13.0 Å². The van der Waals surface area contributed by atoms with Gasteiger partial charge >= 0.3 is 5.63 Å². The molecule has 1 atom stereocenters. The van der Waals surface area contributed by atoms with Gasteiger partial charge in [0.25, 0.3) is 5.56 Å². The number of hydrogen-bond donors (Lipinski definition) is 1. The first-order valence-corrected chi connectivity index (χ1v) is 8.69. The van der Waals surface area contributed by atoms with Gasteiger partial charge in [0.2, 0.25) is 0 Å². The van der Waals surface area contributed by atoms with Crippen LogP contribution in [0.1, 0.15) is 24.6 Å². The Bertz CT molecular complexity index is 1060. The molecular weight excluding hydrogens is 391 g/mol. The fourth-order valence-electron chi connectivity index (χ4n) is 2.82. The standard InChI is InChI=1S/C18H18BrFN2O3/c1-8-5-6-12(11(20)7-8)21-15-9(2)18(24)25-16-13(15)17(23)22(4)10(3)14(16)19/h6-8,21H,5H2,1-4H3. The van der Waals surface area contributed by atoms with Gasteiger partial charge in [0, 0.05) is 12.7 Å². The van der Waals surface area contributed by atoms with Crippen molar-refractivity contribution in [1.29, 1.82) is 0 Å². The van der Waals surface area contributed by atoms with Crippen molar-refractivity contribution in [3.63, 3.8) is 0 Å². The molecule has 7 heteroatoms. The van der Waals surface area contributed by atoms with E-state index < -0.39 is 11.5 Å². The molecule has 25 heavy (non-hydrogen) atoms. The third-order valence-electron chi connectivity index (χ3n) is 4.53. The summed E-state index contributed by atoms with van der Waals surface area (Å²) in [5.74, 6) is -0.295. The molecule has 2 heterocycles. The van der Waals surface area contributed by atoms with Crippen LogP contribution in [0.25, 0.3) is 11.0 Å². The van der Waals surface area contributed by atoms with Gasteiger partial charge in [0.1, 0.15) is 11.2 Å². The van der Waals surface area contributed by atoms with Gasteiger partial charge in [-0.1, -0.05) is 13.0 Å². The van der Waals surface area contributed by atoms with Crippen molar-refractivity contribution in [2.75, 3.05) is 5.32 Å². The summed E-state index contributed by atoms with van der Waals surface area (Å²) in [7, 11) is 1.63. The van der Waals surface area contributed by atoms with E-state index >= 15 is 0 Å². The molecule has 1 aliphatic rings. The third kappa shape index (κ3) is 2.86. The van der Waals surface area contributed by atoms with Gasteiger partial charge in [-0.3, -0.25) is 4.79 Å². The highest BCUT2D eigenvalue weighted by Crippen LogP contribution is 2.32. The van der Waals surface area contributed by atoms with Crippen molar-refractivity contribution in [1.82, 2.24) is 4.57 Å². The fraction of sp³-hybridized carbons (Fsp3) is 0.333. The van der Waals surface area contributed by atoms with E-state index in [2.05, 4.69) is 21.2 Å². The topological polar surface area (TPSA) is 64.2 Å². The molecule has 0 saturated heterocycles. The molecule has 0 radical (unpaired) electrons. The maximum absolute atomic E-state index is 14.3. The second-order valence-electron chi connectivity index (χ2n) is 6.33. The van der Waals surface area contributed by atoms with E-state index in [4.69, 9.17) is 4.42 Å². The normalized spacial score (nSPS) is 17.4. The largest absolute Gasteiger partial charge is 0.421 e. The number of nitrogens with zero attached hydrogens (tertiary/aromatic N) is 1. The Kier molecular flexibility index (Phi) is 4.45. The first-order chi connectivity index (χ1) is 11.7. The molecule has 0 bridgehead atoms. The number of anilines is 1. The van der Waals surface area contributed by atoms with Crippen molar-refractivity contribution in [2.45, 2.75) is 27.2 Å². The highest BCUT2D eigenvalue weighted by molar-refractivity contribution is 9.10. The van der Waals surface area contributed by atoms with Crippen LogP contribution in [0.2, 0.25) is 0 Å². The van der Waals surface area contributed by atoms with Gasteiger partial charge in [-0.25, -0.2) is 9.18 Å². The summed E-state index contributed by atoms with van der Waals surface area (Å²) < 4.78 is 21.6. The molecule has 1 aliphatic carbocycles. The molecule has 0 saturated carbocycles. The predicted molar refractivity (Wildman–Crippen MR) is 99.6 cm³/mol. The smallest absolute Gasteiger partial charge is 0.341 e. The number of aromatic nitrogens is 1. The molecule has 5 nitrogen and oxygen atoms in total. The summed E-state index contributed by atoms with van der Waals surface area (Å²) in [6, 6.07) is 0. The van der Waals surface area contributed by atoms with Crippen molar-refractivity contribution < 1.29 is 8.81 Å². The molecule has 132 valence electrons. The number of nitrogens with one attached hydrogen (secondary N) is 1. The summed E-state index contributed by atoms with van der Waals surface area (Å²) >= 11 is 3.38. The SMILES string of the molecule is Cc1c(NC2=CCC(C)C=C2F)c2c(=O)n(C)c(C)c(Br)c2oc1=O. The van der Waals surface area contributed by atoms with Crippen molar-refractivity contribution >= 4 is 32.6 Å². The van der Waals surface area contributed by atoms with E-state index in [0.29, 0.717) is 16.6 Å². The molecule has 0 fully saturated rings. The number of pyridine rings is 1. The summed E-state index contributed by atoms with van der Waals surface area (Å²) in [6.45, 7) is 5.21. The quantitative estimate of drug-likeness (QED) is 0.813. The molecule has 2 aromatic heterocycles. The fourth-order valence-corrected chi connectivity index (χ4v) is 3.37. The zero-order chi connectivity index (χ0) is 18.5. The highest BCUT2D eigenvalue weighted by atomic mass is 79.9. The Morgan fingerprint density at radius 2 is 2.04 bits per heavy atom. The lowest BCUT2D eigenvalue weighted by Crippen LogP contribution is -2.23. The zero-order valence-electron chi connectivity index (χ0n) is 14.4. The van der Waals surface area contributed by atoms with E-state index in [9.17, 15) is 14.0 Å². The number of hydrogen-bond acceptors (Lipinski definition) is 4. The molecule has 3 rings (SSSR count). The average molecular weight is 409 g/mol.